The lowest BCUT2D eigenvalue weighted by atomic mass is 10.1. The first-order valence-corrected chi connectivity index (χ1v) is 6.73. The van der Waals surface area contributed by atoms with Crippen LogP contribution in [0.3, 0.4) is 0 Å². The smallest absolute Gasteiger partial charge is 0.251 e. The van der Waals surface area contributed by atoms with E-state index in [1.54, 1.807) is 29.5 Å². The standard InChI is InChI=1S/C13H13ClN2OS/c1-8(12-3-2-6-18-12)16-13(17)9-4-5-11(15)10(14)7-9/h2-8H,15H2,1H3,(H,16,17). The quantitative estimate of drug-likeness (QED) is 0.846. The summed E-state index contributed by atoms with van der Waals surface area (Å²) >= 11 is 7.50. The molecular formula is C13H13ClN2OS. The van der Waals surface area contributed by atoms with Crippen molar-refractivity contribution in [3.05, 3.63) is 51.2 Å². The molecule has 18 heavy (non-hydrogen) atoms. The number of benzene rings is 1. The summed E-state index contributed by atoms with van der Waals surface area (Å²) in [6.07, 6.45) is 0. The van der Waals surface area contributed by atoms with Crippen LogP contribution in [0, 0.1) is 0 Å². The lowest BCUT2D eigenvalue weighted by molar-refractivity contribution is 0.0940. The van der Waals surface area contributed by atoms with Crippen LogP contribution in [0.1, 0.15) is 28.2 Å². The molecule has 2 rings (SSSR count). The average molecular weight is 281 g/mol. The third-order valence-corrected chi connectivity index (χ3v) is 3.96. The molecule has 0 spiro atoms. The van der Waals surface area contributed by atoms with E-state index in [1.165, 1.54) is 0 Å². The van der Waals surface area contributed by atoms with Gasteiger partial charge in [0.15, 0.2) is 0 Å². The van der Waals surface area contributed by atoms with E-state index < -0.39 is 0 Å². The van der Waals surface area contributed by atoms with E-state index in [2.05, 4.69) is 5.32 Å². The molecule has 1 aromatic carbocycles. The van der Waals surface area contributed by atoms with Crippen molar-refractivity contribution in [1.82, 2.24) is 5.32 Å². The van der Waals surface area contributed by atoms with Gasteiger partial charge in [0.25, 0.3) is 5.91 Å². The van der Waals surface area contributed by atoms with Gasteiger partial charge in [-0.1, -0.05) is 17.7 Å². The van der Waals surface area contributed by atoms with Gasteiger partial charge in [0.1, 0.15) is 0 Å². The summed E-state index contributed by atoms with van der Waals surface area (Å²) in [5.41, 5.74) is 6.59. The highest BCUT2D eigenvalue weighted by Gasteiger charge is 2.12. The van der Waals surface area contributed by atoms with Gasteiger partial charge in [-0.3, -0.25) is 4.79 Å². The topological polar surface area (TPSA) is 55.1 Å². The van der Waals surface area contributed by atoms with E-state index in [1.807, 2.05) is 24.4 Å². The Kier molecular flexibility index (Phi) is 3.89. The Labute approximate surface area is 115 Å². The summed E-state index contributed by atoms with van der Waals surface area (Å²) in [4.78, 5) is 13.1. The molecule has 94 valence electrons. The zero-order valence-electron chi connectivity index (χ0n) is 9.81. The normalized spacial score (nSPS) is 12.1. The summed E-state index contributed by atoms with van der Waals surface area (Å²) in [7, 11) is 0. The molecule has 2 aromatic rings. The second-order valence-corrected chi connectivity index (χ2v) is 5.33. The van der Waals surface area contributed by atoms with E-state index in [9.17, 15) is 4.79 Å². The first-order valence-electron chi connectivity index (χ1n) is 5.47. The third kappa shape index (κ3) is 2.83. The molecule has 0 aliphatic rings. The number of nitrogen functional groups attached to an aromatic ring is 1. The number of nitrogens with one attached hydrogen (secondary N) is 1. The first kappa shape index (κ1) is 12.9. The van der Waals surface area contributed by atoms with Crippen LogP contribution in [-0.2, 0) is 0 Å². The Hall–Kier alpha value is -1.52. The number of hydrogen-bond donors (Lipinski definition) is 2. The minimum atomic E-state index is -0.155. The molecule has 0 fully saturated rings. The maximum Gasteiger partial charge on any atom is 0.251 e. The van der Waals surface area contributed by atoms with Gasteiger partial charge in [-0.2, -0.15) is 0 Å². The number of carbonyl (C=O) groups excluding carboxylic acids is 1. The fraction of sp³-hybridized carbons (Fsp3) is 0.154. The number of anilines is 1. The fourth-order valence-electron chi connectivity index (χ4n) is 1.56. The zero-order chi connectivity index (χ0) is 13.1. The molecular weight excluding hydrogens is 268 g/mol. The van der Waals surface area contributed by atoms with Crippen LogP contribution in [0.15, 0.2) is 35.7 Å². The van der Waals surface area contributed by atoms with Gasteiger partial charge in [0.05, 0.1) is 16.8 Å². The van der Waals surface area contributed by atoms with Crippen molar-refractivity contribution < 1.29 is 4.79 Å². The van der Waals surface area contributed by atoms with Crippen LogP contribution in [0.5, 0.6) is 0 Å². The van der Waals surface area contributed by atoms with Crippen LogP contribution < -0.4 is 11.1 Å². The van der Waals surface area contributed by atoms with Gasteiger partial charge in [-0.25, -0.2) is 0 Å². The summed E-state index contributed by atoms with van der Waals surface area (Å²) in [5, 5.41) is 5.30. The largest absolute Gasteiger partial charge is 0.398 e. The van der Waals surface area contributed by atoms with E-state index in [0.717, 1.165) is 4.88 Å². The third-order valence-electron chi connectivity index (χ3n) is 2.58. The Morgan fingerprint density at radius 2 is 2.22 bits per heavy atom. The van der Waals surface area contributed by atoms with Gasteiger partial charge < -0.3 is 11.1 Å². The molecule has 0 radical (unpaired) electrons. The molecule has 1 amide bonds. The highest BCUT2D eigenvalue weighted by molar-refractivity contribution is 7.10. The van der Waals surface area contributed by atoms with Crippen molar-refractivity contribution in [3.8, 4) is 0 Å². The highest BCUT2D eigenvalue weighted by Crippen LogP contribution is 2.21. The Morgan fingerprint density at radius 3 is 2.83 bits per heavy atom. The summed E-state index contributed by atoms with van der Waals surface area (Å²) in [6.45, 7) is 1.95. The van der Waals surface area contributed by atoms with E-state index in [-0.39, 0.29) is 11.9 Å². The van der Waals surface area contributed by atoms with Gasteiger partial charge >= 0.3 is 0 Å². The lowest BCUT2D eigenvalue weighted by Gasteiger charge is -2.12. The maximum absolute atomic E-state index is 12.0. The number of nitrogens with two attached hydrogens (primary N) is 1. The number of halogens is 1. The first-order chi connectivity index (χ1) is 8.58. The van der Waals surface area contributed by atoms with E-state index >= 15 is 0 Å². The molecule has 1 heterocycles. The number of hydrogen-bond acceptors (Lipinski definition) is 3. The molecule has 1 atom stereocenters. The SMILES string of the molecule is CC(NC(=O)c1ccc(N)c(Cl)c1)c1cccs1. The van der Waals surface area contributed by atoms with Crippen molar-refractivity contribution in [1.29, 1.82) is 0 Å². The highest BCUT2D eigenvalue weighted by atomic mass is 35.5. The molecule has 5 heteroatoms. The van der Waals surface area contributed by atoms with Crippen molar-refractivity contribution >= 4 is 34.5 Å². The maximum atomic E-state index is 12.0. The molecule has 1 unspecified atom stereocenters. The lowest BCUT2D eigenvalue weighted by Crippen LogP contribution is -2.26. The average Bonchev–Trinajstić information content (AvgIpc) is 2.86. The van der Waals surface area contributed by atoms with E-state index in [0.29, 0.717) is 16.3 Å². The Morgan fingerprint density at radius 1 is 1.44 bits per heavy atom. The molecule has 1 aromatic heterocycles. The number of rotatable bonds is 3. The number of amides is 1. The van der Waals surface area contributed by atoms with Crippen molar-refractivity contribution in [2.75, 3.05) is 5.73 Å². The van der Waals surface area contributed by atoms with Gasteiger partial charge in [0.2, 0.25) is 0 Å². The predicted octanol–water partition coefficient (Wildman–Crippen LogP) is 3.47. The van der Waals surface area contributed by atoms with E-state index in [4.69, 9.17) is 17.3 Å². The number of carbonyl (C=O) groups is 1. The second-order valence-electron chi connectivity index (χ2n) is 3.95. The molecule has 3 N–H and O–H groups in total. The van der Waals surface area contributed by atoms with Crippen molar-refractivity contribution in [2.45, 2.75) is 13.0 Å². The van der Waals surface area contributed by atoms with Crippen LogP contribution in [0.2, 0.25) is 5.02 Å². The van der Waals surface area contributed by atoms with Gasteiger partial charge in [-0.15, -0.1) is 11.3 Å². The minimum absolute atomic E-state index is 0.0196. The number of thiophene rings is 1. The Bertz CT molecular complexity index is 554. The summed E-state index contributed by atoms with van der Waals surface area (Å²) < 4.78 is 0. The monoisotopic (exact) mass is 280 g/mol. The van der Waals surface area contributed by atoms with Crippen LogP contribution in [0.25, 0.3) is 0 Å². The van der Waals surface area contributed by atoms with Crippen LogP contribution in [0.4, 0.5) is 5.69 Å². The molecule has 0 aliphatic heterocycles. The zero-order valence-corrected chi connectivity index (χ0v) is 11.4. The second kappa shape index (κ2) is 5.42. The predicted molar refractivity (Wildman–Crippen MR) is 76.1 cm³/mol. The van der Waals surface area contributed by atoms with Gasteiger partial charge in [-0.05, 0) is 36.6 Å². The molecule has 0 bridgehead atoms. The summed E-state index contributed by atoms with van der Waals surface area (Å²) in [5.74, 6) is -0.155. The van der Waals surface area contributed by atoms with Crippen LogP contribution >= 0.6 is 22.9 Å². The van der Waals surface area contributed by atoms with Gasteiger partial charge in [0, 0.05) is 10.4 Å². The molecule has 0 aliphatic carbocycles. The molecule has 3 nitrogen and oxygen atoms in total. The molecule has 0 saturated heterocycles. The van der Waals surface area contributed by atoms with Crippen molar-refractivity contribution in [2.24, 2.45) is 0 Å². The van der Waals surface area contributed by atoms with Crippen LogP contribution in [-0.4, -0.2) is 5.91 Å². The Balaban J connectivity index is 2.10. The minimum Gasteiger partial charge on any atom is -0.398 e. The molecule has 0 saturated carbocycles. The fourth-order valence-corrected chi connectivity index (χ4v) is 2.47. The summed E-state index contributed by atoms with van der Waals surface area (Å²) in [6, 6.07) is 8.81. The van der Waals surface area contributed by atoms with Crippen molar-refractivity contribution in [3.63, 3.8) is 0 Å².